The number of aryl methyl sites for hydroxylation is 2. The van der Waals surface area contributed by atoms with Gasteiger partial charge in [-0.15, -0.1) is 0 Å². The SMILES string of the molecule is Cn1cncc1C(N)Cc1nc2ccccc2n1C. The second-order valence-corrected chi connectivity index (χ2v) is 4.82. The smallest absolute Gasteiger partial charge is 0.111 e. The molecule has 0 aliphatic heterocycles. The van der Waals surface area contributed by atoms with Gasteiger partial charge in [0.05, 0.1) is 29.1 Å². The lowest BCUT2D eigenvalue weighted by atomic mass is 10.1. The molecule has 0 spiro atoms. The summed E-state index contributed by atoms with van der Waals surface area (Å²) in [7, 11) is 3.98. The van der Waals surface area contributed by atoms with Crippen LogP contribution in [0, 0.1) is 0 Å². The third kappa shape index (κ3) is 2.02. The molecule has 0 radical (unpaired) electrons. The quantitative estimate of drug-likeness (QED) is 0.772. The van der Waals surface area contributed by atoms with Crippen LogP contribution in [0.4, 0.5) is 0 Å². The standard InChI is InChI=1S/C14H17N5/c1-18-9-16-8-13(18)10(15)7-14-17-11-5-3-4-6-12(11)19(14)2/h3-6,8-10H,7,15H2,1-2H3. The van der Waals surface area contributed by atoms with Crippen LogP contribution >= 0.6 is 0 Å². The molecule has 0 fully saturated rings. The molecule has 2 aromatic heterocycles. The van der Waals surface area contributed by atoms with Crippen molar-refractivity contribution in [2.75, 3.05) is 0 Å². The molecule has 1 unspecified atom stereocenters. The summed E-state index contributed by atoms with van der Waals surface area (Å²) in [6.45, 7) is 0. The van der Waals surface area contributed by atoms with Gasteiger partial charge in [0.1, 0.15) is 5.82 Å². The van der Waals surface area contributed by atoms with Crippen LogP contribution in [0.25, 0.3) is 11.0 Å². The van der Waals surface area contributed by atoms with Crippen molar-refractivity contribution in [1.82, 2.24) is 19.1 Å². The maximum Gasteiger partial charge on any atom is 0.111 e. The Balaban J connectivity index is 1.93. The fourth-order valence-electron chi connectivity index (χ4n) is 2.40. The van der Waals surface area contributed by atoms with E-state index in [0.29, 0.717) is 6.42 Å². The van der Waals surface area contributed by atoms with Gasteiger partial charge in [0.2, 0.25) is 0 Å². The molecule has 5 nitrogen and oxygen atoms in total. The molecule has 5 heteroatoms. The zero-order valence-electron chi connectivity index (χ0n) is 11.1. The molecular weight excluding hydrogens is 238 g/mol. The van der Waals surface area contributed by atoms with Gasteiger partial charge in [-0.05, 0) is 12.1 Å². The fourth-order valence-corrected chi connectivity index (χ4v) is 2.40. The molecule has 0 aliphatic carbocycles. The summed E-state index contributed by atoms with van der Waals surface area (Å²) in [5, 5.41) is 0. The lowest BCUT2D eigenvalue weighted by Crippen LogP contribution is -2.18. The first-order valence-electron chi connectivity index (χ1n) is 6.29. The van der Waals surface area contributed by atoms with Crippen LogP contribution in [0.3, 0.4) is 0 Å². The molecular formula is C14H17N5. The summed E-state index contributed by atoms with van der Waals surface area (Å²) in [6, 6.07) is 8.02. The second-order valence-electron chi connectivity index (χ2n) is 4.82. The highest BCUT2D eigenvalue weighted by Gasteiger charge is 2.15. The zero-order valence-corrected chi connectivity index (χ0v) is 11.1. The van der Waals surface area contributed by atoms with Crippen LogP contribution < -0.4 is 5.73 Å². The molecule has 0 aliphatic rings. The van der Waals surface area contributed by atoms with Gasteiger partial charge in [-0.3, -0.25) is 0 Å². The normalized spacial score (nSPS) is 13.0. The number of imidazole rings is 2. The van der Waals surface area contributed by atoms with Crippen molar-refractivity contribution < 1.29 is 0 Å². The maximum absolute atomic E-state index is 6.25. The number of rotatable bonds is 3. The predicted octanol–water partition coefficient (Wildman–Crippen LogP) is 1.55. The molecule has 3 rings (SSSR count). The third-order valence-corrected chi connectivity index (χ3v) is 3.52. The number of nitrogens with zero attached hydrogens (tertiary/aromatic N) is 4. The number of aromatic nitrogens is 4. The Labute approximate surface area is 111 Å². The van der Waals surface area contributed by atoms with Crippen molar-refractivity contribution >= 4 is 11.0 Å². The summed E-state index contributed by atoms with van der Waals surface area (Å²) in [6.07, 6.45) is 4.28. The van der Waals surface area contributed by atoms with Gasteiger partial charge in [-0.25, -0.2) is 9.97 Å². The van der Waals surface area contributed by atoms with Crippen molar-refractivity contribution in [3.05, 3.63) is 48.3 Å². The zero-order chi connectivity index (χ0) is 13.4. The number of para-hydroxylation sites is 2. The minimum Gasteiger partial charge on any atom is -0.336 e. The summed E-state index contributed by atoms with van der Waals surface area (Å²) in [5.74, 6) is 0.995. The van der Waals surface area contributed by atoms with Gasteiger partial charge in [0.15, 0.2) is 0 Å². The Morgan fingerprint density at radius 2 is 2.05 bits per heavy atom. The topological polar surface area (TPSA) is 61.7 Å². The highest BCUT2D eigenvalue weighted by atomic mass is 15.1. The summed E-state index contributed by atoms with van der Waals surface area (Å²) in [5.41, 5.74) is 9.41. The van der Waals surface area contributed by atoms with Gasteiger partial charge in [-0.1, -0.05) is 12.1 Å². The number of benzene rings is 1. The Morgan fingerprint density at radius 3 is 2.74 bits per heavy atom. The number of hydrogen-bond acceptors (Lipinski definition) is 3. The number of hydrogen-bond donors (Lipinski definition) is 1. The Hall–Kier alpha value is -2.14. The van der Waals surface area contributed by atoms with Gasteiger partial charge in [0, 0.05) is 26.7 Å². The average Bonchev–Trinajstić information content (AvgIpc) is 2.95. The van der Waals surface area contributed by atoms with Gasteiger partial charge in [-0.2, -0.15) is 0 Å². The van der Waals surface area contributed by atoms with E-state index in [9.17, 15) is 0 Å². The van der Waals surface area contributed by atoms with Crippen molar-refractivity contribution in [1.29, 1.82) is 0 Å². The van der Waals surface area contributed by atoms with Crippen LogP contribution in [0.5, 0.6) is 0 Å². The Bertz CT molecular complexity index is 710. The molecule has 0 bridgehead atoms. The minimum absolute atomic E-state index is 0.0944. The van der Waals surface area contributed by atoms with Gasteiger partial charge in [0.25, 0.3) is 0 Å². The summed E-state index contributed by atoms with van der Waals surface area (Å²) >= 11 is 0. The van der Waals surface area contributed by atoms with E-state index in [1.165, 1.54) is 0 Å². The molecule has 1 atom stereocenters. The van der Waals surface area contributed by atoms with E-state index in [1.54, 1.807) is 6.33 Å². The van der Waals surface area contributed by atoms with Crippen LogP contribution in [-0.2, 0) is 20.5 Å². The first-order valence-corrected chi connectivity index (χ1v) is 6.29. The van der Waals surface area contributed by atoms with Crippen molar-refractivity contribution in [3.8, 4) is 0 Å². The molecule has 0 amide bonds. The molecule has 0 saturated carbocycles. The number of nitrogens with two attached hydrogens (primary N) is 1. The van der Waals surface area contributed by atoms with E-state index in [0.717, 1.165) is 22.6 Å². The molecule has 1 aromatic carbocycles. The molecule has 98 valence electrons. The first kappa shape index (κ1) is 11.9. The van der Waals surface area contributed by atoms with E-state index >= 15 is 0 Å². The monoisotopic (exact) mass is 255 g/mol. The maximum atomic E-state index is 6.25. The van der Waals surface area contributed by atoms with Crippen molar-refractivity contribution in [3.63, 3.8) is 0 Å². The Morgan fingerprint density at radius 1 is 1.26 bits per heavy atom. The van der Waals surface area contributed by atoms with Crippen LogP contribution in [0.1, 0.15) is 17.6 Å². The summed E-state index contributed by atoms with van der Waals surface area (Å²) in [4.78, 5) is 8.75. The predicted molar refractivity (Wildman–Crippen MR) is 74.6 cm³/mol. The summed E-state index contributed by atoms with van der Waals surface area (Å²) < 4.78 is 4.05. The van der Waals surface area contributed by atoms with Crippen molar-refractivity contribution in [2.24, 2.45) is 19.8 Å². The van der Waals surface area contributed by atoms with Gasteiger partial charge >= 0.3 is 0 Å². The van der Waals surface area contributed by atoms with E-state index in [4.69, 9.17) is 5.73 Å². The fraction of sp³-hybridized carbons (Fsp3) is 0.286. The van der Waals surface area contributed by atoms with Crippen LogP contribution in [0.15, 0.2) is 36.8 Å². The van der Waals surface area contributed by atoms with E-state index in [-0.39, 0.29) is 6.04 Å². The highest BCUT2D eigenvalue weighted by Crippen LogP contribution is 2.19. The van der Waals surface area contributed by atoms with E-state index in [1.807, 2.05) is 43.1 Å². The minimum atomic E-state index is -0.0944. The third-order valence-electron chi connectivity index (χ3n) is 3.52. The second kappa shape index (κ2) is 4.51. The van der Waals surface area contributed by atoms with Gasteiger partial charge < -0.3 is 14.9 Å². The average molecular weight is 255 g/mol. The molecule has 2 N–H and O–H groups in total. The largest absolute Gasteiger partial charge is 0.336 e. The molecule has 3 aromatic rings. The van der Waals surface area contributed by atoms with E-state index in [2.05, 4.69) is 20.6 Å². The Kier molecular flexibility index (Phi) is 2.83. The number of fused-ring (bicyclic) bond motifs is 1. The lowest BCUT2D eigenvalue weighted by Gasteiger charge is -2.12. The molecule has 0 saturated heterocycles. The van der Waals surface area contributed by atoms with Crippen LogP contribution in [0.2, 0.25) is 0 Å². The van der Waals surface area contributed by atoms with E-state index < -0.39 is 0 Å². The first-order chi connectivity index (χ1) is 9.16. The molecule has 2 heterocycles. The van der Waals surface area contributed by atoms with Crippen LogP contribution in [-0.4, -0.2) is 19.1 Å². The lowest BCUT2D eigenvalue weighted by molar-refractivity contribution is 0.621. The van der Waals surface area contributed by atoms with Crippen molar-refractivity contribution in [2.45, 2.75) is 12.5 Å². The highest BCUT2D eigenvalue weighted by molar-refractivity contribution is 5.75. The molecule has 19 heavy (non-hydrogen) atoms.